The highest BCUT2D eigenvalue weighted by Gasteiger charge is 2.32. The lowest BCUT2D eigenvalue weighted by Crippen LogP contribution is -2.28. The number of unbranched alkanes of at least 4 members (excludes halogenated alkanes) is 1. The molecule has 1 aliphatic rings. The van der Waals surface area contributed by atoms with Crippen LogP contribution in [0.1, 0.15) is 32.3 Å². The van der Waals surface area contributed by atoms with Gasteiger partial charge in [-0.05, 0) is 49.8 Å². The normalized spacial score (nSPS) is 15.0. The Balaban J connectivity index is 1.77. The molecule has 0 saturated carbocycles. The molecule has 1 fully saturated rings. The molecule has 2 aromatic carbocycles. The summed E-state index contributed by atoms with van der Waals surface area (Å²) in [5.74, 6) is 0.574. The minimum Gasteiger partial charge on any atom is -0.492 e. The molecule has 1 aliphatic heterocycles. The van der Waals surface area contributed by atoms with Crippen LogP contribution in [0.4, 0.5) is 0 Å². The summed E-state index contributed by atoms with van der Waals surface area (Å²) in [6, 6.07) is 15.5. The molecule has 0 bridgehead atoms. The Morgan fingerprint density at radius 2 is 1.97 bits per heavy atom. The van der Waals surface area contributed by atoms with Crippen LogP contribution in [0.2, 0.25) is 5.02 Å². The smallest absolute Gasteiger partial charge is 0.266 e. The number of amides is 1. The summed E-state index contributed by atoms with van der Waals surface area (Å²) in [5, 5.41) is 5.34. The van der Waals surface area contributed by atoms with E-state index in [1.807, 2.05) is 72.4 Å². The van der Waals surface area contributed by atoms with Crippen LogP contribution < -0.4 is 4.74 Å². The van der Waals surface area contributed by atoms with Crippen molar-refractivity contribution in [1.82, 2.24) is 14.7 Å². The number of aromatic nitrogens is 2. The van der Waals surface area contributed by atoms with Crippen LogP contribution in [0.3, 0.4) is 0 Å². The van der Waals surface area contributed by atoms with Crippen LogP contribution in [0, 0.1) is 0 Å². The standard InChI is InChI=1S/C25H24ClN3O2S2/c1-3-5-13-28-24(30)22(33-25(28)32)15-18-16-29(19-9-7-6-8-10-19)27-23(18)17-11-12-21(31-4-2)20(26)14-17/h6-12,14-16H,3-5,13H2,1-2H3/b22-15-. The SMILES string of the molecule is CCCCN1C(=O)/C(=C/c2cn(-c3ccccc3)nc2-c2ccc(OCC)c(Cl)c2)SC1=S. The van der Waals surface area contributed by atoms with Gasteiger partial charge in [-0.1, -0.05) is 67.1 Å². The molecule has 170 valence electrons. The van der Waals surface area contributed by atoms with E-state index in [1.54, 1.807) is 4.90 Å². The predicted molar refractivity (Wildman–Crippen MR) is 140 cm³/mol. The van der Waals surface area contributed by atoms with Crippen molar-refractivity contribution >= 4 is 51.9 Å². The first-order chi connectivity index (χ1) is 16.0. The number of para-hydroxylation sites is 1. The summed E-state index contributed by atoms with van der Waals surface area (Å²) in [5.41, 5.74) is 3.30. The Labute approximate surface area is 208 Å². The summed E-state index contributed by atoms with van der Waals surface area (Å²) >= 11 is 13.3. The highest BCUT2D eigenvalue weighted by molar-refractivity contribution is 8.26. The van der Waals surface area contributed by atoms with Crippen LogP contribution in [-0.2, 0) is 4.79 Å². The van der Waals surface area contributed by atoms with E-state index in [0.717, 1.165) is 35.3 Å². The number of halogens is 1. The van der Waals surface area contributed by atoms with Crippen molar-refractivity contribution in [2.45, 2.75) is 26.7 Å². The first kappa shape index (κ1) is 23.5. The topological polar surface area (TPSA) is 47.4 Å². The molecule has 5 nitrogen and oxygen atoms in total. The summed E-state index contributed by atoms with van der Waals surface area (Å²) in [6.07, 6.45) is 5.72. The molecule has 0 atom stereocenters. The molecule has 0 N–H and O–H groups in total. The van der Waals surface area contributed by atoms with Crippen LogP contribution >= 0.6 is 35.6 Å². The van der Waals surface area contributed by atoms with Gasteiger partial charge in [0.2, 0.25) is 0 Å². The fraction of sp³-hybridized carbons (Fsp3) is 0.240. The molecule has 2 heterocycles. The molecule has 8 heteroatoms. The quantitative estimate of drug-likeness (QED) is 0.259. The van der Waals surface area contributed by atoms with Gasteiger partial charge in [0.1, 0.15) is 15.8 Å². The van der Waals surface area contributed by atoms with Gasteiger partial charge in [-0.2, -0.15) is 5.10 Å². The number of benzene rings is 2. The van der Waals surface area contributed by atoms with Crippen LogP contribution in [0.25, 0.3) is 23.0 Å². The van der Waals surface area contributed by atoms with Crippen molar-refractivity contribution in [2.24, 2.45) is 0 Å². The first-order valence-electron chi connectivity index (χ1n) is 10.8. The van der Waals surface area contributed by atoms with Gasteiger partial charge in [0, 0.05) is 23.9 Å². The summed E-state index contributed by atoms with van der Waals surface area (Å²) in [7, 11) is 0. The molecule has 1 saturated heterocycles. The zero-order valence-electron chi connectivity index (χ0n) is 18.5. The van der Waals surface area contributed by atoms with Gasteiger partial charge in [-0.3, -0.25) is 9.69 Å². The highest BCUT2D eigenvalue weighted by Crippen LogP contribution is 2.36. The lowest BCUT2D eigenvalue weighted by Gasteiger charge is -2.13. The Hall–Kier alpha value is -2.61. The third-order valence-corrected chi connectivity index (χ3v) is 6.84. The number of carbonyl (C=O) groups is 1. The maximum absolute atomic E-state index is 13.0. The Bertz CT molecular complexity index is 1210. The van der Waals surface area contributed by atoms with Gasteiger partial charge in [-0.25, -0.2) is 4.68 Å². The largest absolute Gasteiger partial charge is 0.492 e. The zero-order valence-corrected chi connectivity index (χ0v) is 20.8. The molecular weight excluding hydrogens is 474 g/mol. The number of rotatable bonds is 8. The third-order valence-electron chi connectivity index (χ3n) is 5.16. The van der Waals surface area contributed by atoms with E-state index in [4.69, 9.17) is 33.7 Å². The van der Waals surface area contributed by atoms with E-state index in [1.165, 1.54) is 11.8 Å². The fourth-order valence-electron chi connectivity index (χ4n) is 3.50. The van der Waals surface area contributed by atoms with E-state index in [9.17, 15) is 4.79 Å². The molecule has 0 unspecified atom stereocenters. The van der Waals surface area contributed by atoms with Gasteiger partial charge < -0.3 is 4.74 Å². The Morgan fingerprint density at radius 3 is 2.67 bits per heavy atom. The van der Waals surface area contributed by atoms with Crippen molar-refractivity contribution in [3.05, 3.63) is 70.2 Å². The minimum absolute atomic E-state index is 0.0541. The van der Waals surface area contributed by atoms with Crippen molar-refractivity contribution in [3.8, 4) is 22.7 Å². The maximum Gasteiger partial charge on any atom is 0.266 e. The molecule has 0 radical (unpaired) electrons. The monoisotopic (exact) mass is 497 g/mol. The second-order valence-electron chi connectivity index (χ2n) is 7.48. The maximum atomic E-state index is 13.0. The van der Waals surface area contributed by atoms with Gasteiger partial charge >= 0.3 is 0 Å². The molecule has 1 aromatic heterocycles. The van der Waals surface area contributed by atoms with Crippen molar-refractivity contribution < 1.29 is 9.53 Å². The fourth-order valence-corrected chi connectivity index (χ4v) is 5.04. The Morgan fingerprint density at radius 1 is 1.18 bits per heavy atom. The summed E-state index contributed by atoms with van der Waals surface area (Å²) in [4.78, 5) is 15.3. The number of nitrogens with zero attached hydrogens (tertiary/aromatic N) is 3. The van der Waals surface area contributed by atoms with Gasteiger partial charge in [0.25, 0.3) is 5.91 Å². The first-order valence-corrected chi connectivity index (χ1v) is 12.4. The number of ether oxygens (including phenoxy) is 1. The summed E-state index contributed by atoms with van der Waals surface area (Å²) < 4.78 is 7.98. The lowest BCUT2D eigenvalue weighted by molar-refractivity contribution is -0.122. The van der Waals surface area contributed by atoms with Gasteiger partial charge in [0.05, 0.1) is 22.2 Å². The Kier molecular flexibility index (Phi) is 7.53. The second kappa shape index (κ2) is 10.5. The van der Waals surface area contributed by atoms with Crippen molar-refractivity contribution in [1.29, 1.82) is 0 Å². The number of thioether (sulfide) groups is 1. The average molecular weight is 498 g/mol. The minimum atomic E-state index is -0.0541. The molecule has 4 rings (SSSR count). The van der Waals surface area contributed by atoms with E-state index in [-0.39, 0.29) is 5.91 Å². The van der Waals surface area contributed by atoms with Crippen LogP contribution in [0.15, 0.2) is 59.6 Å². The van der Waals surface area contributed by atoms with Crippen molar-refractivity contribution in [2.75, 3.05) is 13.2 Å². The molecule has 1 amide bonds. The molecule has 0 aliphatic carbocycles. The summed E-state index contributed by atoms with van der Waals surface area (Å²) in [6.45, 7) is 5.19. The molecular formula is C25H24ClN3O2S2. The number of carbonyl (C=O) groups excluding carboxylic acids is 1. The van der Waals surface area contributed by atoms with Crippen LogP contribution in [0.5, 0.6) is 5.75 Å². The zero-order chi connectivity index (χ0) is 23.4. The molecule has 0 spiro atoms. The average Bonchev–Trinajstić information content (AvgIpc) is 3.35. The lowest BCUT2D eigenvalue weighted by atomic mass is 10.1. The van der Waals surface area contributed by atoms with E-state index < -0.39 is 0 Å². The number of hydrogen-bond donors (Lipinski definition) is 0. The van der Waals surface area contributed by atoms with E-state index >= 15 is 0 Å². The van der Waals surface area contributed by atoms with Crippen molar-refractivity contribution in [3.63, 3.8) is 0 Å². The van der Waals surface area contributed by atoms with Crippen LogP contribution in [-0.4, -0.2) is 38.1 Å². The molecule has 33 heavy (non-hydrogen) atoms. The second-order valence-corrected chi connectivity index (χ2v) is 9.56. The van der Waals surface area contributed by atoms with Gasteiger partial charge in [0.15, 0.2) is 0 Å². The van der Waals surface area contributed by atoms with E-state index in [2.05, 4.69) is 6.92 Å². The third kappa shape index (κ3) is 5.16. The predicted octanol–water partition coefficient (Wildman–Crippen LogP) is 6.59. The van der Waals surface area contributed by atoms with E-state index in [0.29, 0.717) is 33.1 Å². The highest BCUT2D eigenvalue weighted by atomic mass is 35.5. The number of hydrogen-bond acceptors (Lipinski definition) is 5. The number of thiocarbonyl (C=S) groups is 1. The molecule has 3 aromatic rings. The van der Waals surface area contributed by atoms with Gasteiger partial charge in [-0.15, -0.1) is 0 Å².